The minimum atomic E-state index is -3.86. The van der Waals surface area contributed by atoms with Crippen molar-refractivity contribution in [3.63, 3.8) is 0 Å². The Morgan fingerprint density at radius 1 is 1.07 bits per heavy atom. The monoisotopic (exact) mass is 415 g/mol. The van der Waals surface area contributed by atoms with Crippen molar-refractivity contribution in [2.75, 3.05) is 0 Å². The molecule has 0 fully saturated rings. The third kappa shape index (κ3) is 5.19. The van der Waals surface area contributed by atoms with Crippen LogP contribution in [-0.4, -0.2) is 13.4 Å². The number of aryl methyl sites for hydroxylation is 1. The molecule has 0 bridgehead atoms. The van der Waals surface area contributed by atoms with E-state index in [2.05, 4.69) is 24.0 Å². The van der Waals surface area contributed by atoms with Crippen molar-refractivity contribution >= 4 is 21.7 Å². The average Bonchev–Trinajstić information content (AvgIpc) is 2.67. The molecule has 0 saturated heterocycles. The van der Waals surface area contributed by atoms with Crippen LogP contribution in [0, 0.1) is 6.92 Å². The summed E-state index contributed by atoms with van der Waals surface area (Å²) in [6, 6.07) is 18.4. The molecule has 3 aromatic rings. The van der Waals surface area contributed by atoms with Crippen molar-refractivity contribution < 1.29 is 12.6 Å². The highest BCUT2D eigenvalue weighted by Gasteiger charge is 2.19. The molecule has 6 heteroatoms. The first-order valence-electron chi connectivity index (χ1n) is 8.99. The van der Waals surface area contributed by atoms with Crippen molar-refractivity contribution in [1.82, 2.24) is 4.98 Å². The number of pyridine rings is 1. The highest BCUT2D eigenvalue weighted by Crippen LogP contribution is 2.26. The minimum absolute atomic E-state index is 0.0837. The van der Waals surface area contributed by atoms with E-state index in [9.17, 15) is 8.42 Å². The predicted octanol–water partition coefficient (Wildman–Crippen LogP) is 5.30. The zero-order chi connectivity index (χ0) is 20.1. The topological polar surface area (TPSA) is 56.3 Å². The average molecular weight is 416 g/mol. The van der Waals surface area contributed by atoms with Crippen molar-refractivity contribution in [2.45, 2.75) is 37.7 Å². The molecule has 1 atom stereocenters. The molecule has 28 heavy (non-hydrogen) atoms. The largest absolute Gasteiger partial charge is 0.297 e. The summed E-state index contributed by atoms with van der Waals surface area (Å²) in [5.41, 5.74) is 3.62. The van der Waals surface area contributed by atoms with Gasteiger partial charge >= 0.3 is 0 Å². The second kappa shape index (κ2) is 8.86. The SMILES string of the molecule is Cc1ccc(S(=O)(=O)OCc2cc(Cl)cnc2[C@@H](C)Cc2ccccc2)cc1. The summed E-state index contributed by atoms with van der Waals surface area (Å²) in [5, 5.41) is 0.446. The van der Waals surface area contributed by atoms with E-state index in [1.165, 1.54) is 5.56 Å². The van der Waals surface area contributed by atoms with Crippen LogP contribution >= 0.6 is 11.6 Å². The molecule has 146 valence electrons. The summed E-state index contributed by atoms with van der Waals surface area (Å²) in [6.45, 7) is 3.84. The van der Waals surface area contributed by atoms with E-state index in [-0.39, 0.29) is 17.4 Å². The van der Waals surface area contributed by atoms with Gasteiger partial charge in [-0.3, -0.25) is 9.17 Å². The van der Waals surface area contributed by atoms with Crippen LogP contribution in [0.25, 0.3) is 0 Å². The molecule has 0 aliphatic carbocycles. The van der Waals surface area contributed by atoms with Gasteiger partial charge in [0.05, 0.1) is 16.5 Å². The fourth-order valence-corrected chi connectivity index (χ4v) is 4.10. The Morgan fingerprint density at radius 2 is 1.75 bits per heavy atom. The van der Waals surface area contributed by atoms with Gasteiger partial charge in [0.2, 0.25) is 0 Å². The van der Waals surface area contributed by atoms with Crippen LogP contribution in [-0.2, 0) is 27.3 Å². The smallest absolute Gasteiger partial charge is 0.261 e. The van der Waals surface area contributed by atoms with Gasteiger partial charge in [-0.1, -0.05) is 66.6 Å². The van der Waals surface area contributed by atoms with Gasteiger partial charge in [0.25, 0.3) is 10.1 Å². The van der Waals surface area contributed by atoms with Crippen molar-refractivity contribution in [3.05, 3.63) is 94.3 Å². The quantitative estimate of drug-likeness (QED) is 0.491. The van der Waals surface area contributed by atoms with E-state index in [0.29, 0.717) is 10.6 Å². The summed E-state index contributed by atoms with van der Waals surface area (Å²) in [6.07, 6.45) is 2.36. The first-order chi connectivity index (χ1) is 13.3. The predicted molar refractivity (Wildman–Crippen MR) is 111 cm³/mol. The van der Waals surface area contributed by atoms with Gasteiger partial charge in [0.15, 0.2) is 0 Å². The number of hydrogen-bond donors (Lipinski definition) is 0. The molecule has 0 aliphatic rings. The Hall–Kier alpha value is -2.21. The molecule has 0 spiro atoms. The maximum Gasteiger partial charge on any atom is 0.297 e. The van der Waals surface area contributed by atoms with Crippen LogP contribution in [0.4, 0.5) is 0 Å². The van der Waals surface area contributed by atoms with E-state index >= 15 is 0 Å². The first kappa shape index (κ1) is 20.5. The first-order valence-corrected chi connectivity index (χ1v) is 10.8. The lowest BCUT2D eigenvalue weighted by Gasteiger charge is -2.16. The number of benzene rings is 2. The molecule has 2 aromatic carbocycles. The van der Waals surface area contributed by atoms with E-state index in [4.69, 9.17) is 15.8 Å². The van der Waals surface area contributed by atoms with Gasteiger partial charge in [0.1, 0.15) is 0 Å². The molecule has 1 aromatic heterocycles. The Kier molecular flexibility index (Phi) is 6.50. The molecule has 0 unspecified atom stereocenters. The van der Waals surface area contributed by atoms with Crippen molar-refractivity contribution in [2.24, 2.45) is 0 Å². The fraction of sp³-hybridized carbons (Fsp3) is 0.227. The molecular weight excluding hydrogens is 394 g/mol. The van der Waals surface area contributed by atoms with Gasteiger partial charge in [-0.25, -0.2) is 0 Å². The molecule has 3 rings (SSSR count). The molecule has 0 N–H and O–H groups in total. The summed E-state index contributed by atoms with van der Waals surface area (Å²) in [4.78, 5) is 4.58. The molecule has 0 amide bonds. The van der Waals surface area contributed by atoms with Crippen LogP contribution in [0.5, 0.6) is 0 Å². The van der Waals surface area contributed by atoms with E-state index in [1.807, 2.05) is 25.1 Å². The number of hydrogen-bond acceptors (Lipinski definition) is 4. The van der Waals surface area contributed by atoms with Crippen molar-refractivity contribution in [1.29, 1.82) is 0 Å². The molecule has 0 radical (unpaired) electrons. The summed E-state index contributed by atoms with van der Waals surface area (Å²) in [5.74, 6) is 0.0837. The highest BCUT2D eigenvalue weighted by atomic mass is 35.5. The third-order valence-corrected chi connectivity index (χ3v) is 5.98. The Bertz CT molecular complexity index is 1040. The van der Waals surface area contributed by atoms with Gasteiger partial charge < -0.3 is 0 Å². The molecule has 0 aliphatic heterocycles. The lowest BCUT2D eigenvalue weighted by Crippen LogP contribution is -2.11. The molecular formula is C22H22ClNO3S. The molecule has 4 nitrogen and oxygen atoms in total. The Balaban J connectivity index is 1.80. The minimum Gasteiger partial charge on any atom is -0.261 e. The zero-order valence-electron chi connectivity index (χ0n) is 15.8. The number of halogens is 1. The van der Waals surface area contributed by atoms with Gasteiger partial charge in [-0.15, -0.1) is 0 Å². The number of aromatic nitrogens is 1. The second-order valence-corrected chi connectivity index (χ2v) is 8.87. The van der Waals surface area contributed by atoms with Crippen molar-refractivity contribution in [3.8, 4) is 0 Å². The lowest BCUT2D eigenvalue weighted by molar-refractivity contribution is 0.305. The van der Waals surface area contributed by atoms with Gasteiger partial charge in [0, 0.05) is 23.4 Å². The standard InChI is InChI=1S/C22H22ClNO3S/c1-16-8-10-21(11-9-16)28(25,26)27-15-19-13-20(23)14-24-22(19)17(2)12-18-6-4-3-5-7-18/h3-11,13-14,17H,12,15H2,1-2H3/t17-/m0/s1. The fourth-order valence-electron chi connectivity index (χ4n) is 3.03. The molecule has 0 saturated carbocycles. The van der Waals surface area contributed by atoms with E-state index < -0.39 is 10.1 Å². The van der Waals surface area contributed by atoms with Crippen LogP contribution in [0.2, 0.25) is 5.02 Å². The Labute approximate surface area is 171 Å². The van der Waals surface area contributed by atoms with E-state index in [0.717, 1.165) is 17.7 Å². The van der Waals surface area contributed by atoms with Crippen LogP contribution in [0.1, 0.15) is 35.2 Å². The van der Waals surface area contributed by atoms with Gasteiger partial charge in [-0.05, 0) is 37.1 Å². The van der Waals surface area contributed by atoms with Crippen LogP contribution < -0.4 is 0 Å². The normalized spacial score (nSPS) is 12.7. The number of nitrogens with zero attached hydrogens (tertiary/aromatic N) is 1. The maximum absolute atomic E-state index is 12.5. The van der Waals surface area contributed by atoms with Crippen LogP contribution in [0.3, 0.4) is 0 Å². The highest BCUT2D eigenvalue weighted by molar-refractivity contribution is 7.86. The maximum atomic E-state index is 12.5. The van der Waals surface area contributed by atoms with E-state index in [1.54, 1.807) is 36.5 Å². The lowest BCUT2D eigenvalue weighted by atomic mass is 9.95. The molecule has 1 heterocycles. The third-order valence-electron chi connectivity index (χ3n) is 4.50. The van der Waals surface area contributed by atoms with Crippen LogP contribution in [0.15, 0.2) is 71.8 Å². The second-order valence-electron chi connectivity index (χ2n) is 6.82. The number of rotatable bonds is 7. The summed E-state index contributed by atoms with van der Waals surface area (Å²) in [7, 11) is -3.86. The summed E-state index contributed by atoms with van der Waals surface area (Å²) >= 11 is 6.10. The summed E-state index contributed by atoms with van der Waals surface area (Å²) < 4.78 is 30.3. The Morgan fingerprint density at radius 3 is 2.43 bits per heavy atom. The van der Waals surface area contributed by atoms with Gasteiger partial charge in [-0.2, -0.15) is 8.42 Å². The zero-order valence-corrected chi connectivity index (χ0v) is 17.4.